The molecule has 170 valence electrons. The summed E-state index contributed by atoms with van der Waals surface area (Å²) < 4.78 is 15.2. The Hall–Kier alpha value is -3.17. The molecule has 1 aliphatic rings. The van der Waals surface area contributed by atoms with E-state index in [1.807, 2.05) is 59.3 Å². The minimum atomic E-state index is -0.944. The molecule has 33 heavy (non-hydrogen) atoms. The molecule has 0 amide bonds. The number of likely N-dealkylation sites (N-methyl/N-ethyl adjacent to an activating group) is 1. The average Bonchev–Trinajstić information content (AvgIpc) is 3.25. The van der Waals surface area contributed by atoms with Crippen LogP contribution in [0.25, 0.3) is 16.7 Å². The highest BCUT2D eigenvalue weighted by molar-refractivity contribution is 7.99. The molecular formula is C24H26FN7S. The van der Waals surface area contributed by atoms with E-state index in [1.54, 1.807) is 13.1 Å². The van der Waals surface area contributed by atoms with Gasteiger partial charge in [-0.2, -0.15) is 15.1 Å². The summed E-state index contributed by atoms with van der Waals surface area (Å²) in [4.78, 5) is 15.2. The highest BCUT2D eigenvalue weighted by Crippen LogP contribution is 2.30. The third kappa shape index (κ3) is 4.79. The van der Waals surface area contributed by atoms with Gasteiger partial charge in [0.15, 0.2) is 5.65 Å². The van der Waals surface area contributed by atoms with Gasteiger partial charge in [0, 0.05) is 36.8 Å². The number of anilines is 3. The van der Waals surface area contributed by atoms with Gasteiger partial charge in [-0.05, 0) is 50.4 Å². The fourth-order valence-electron chi connectivity index (χ4n) is 3.84. The van der Waals surface area contributed by atoms with Crippen LogP contribution in [0.4, 0.5) is 21.8 Å². The van der Waals surface area contributed by atoms with Gasteiger partial charge in [-0.25, -0.2) is 9.07 Å². The molecule has 1 aliphatic heterocycles. The first-order chi connectivity index (χ1) is 16.1. The van der Waals surface area contributed by atoms with Crippen LogP contribution in [0.1, 0.15) is 6.92 Å². The molecule has 2 aromatic carbocycles. The largest absolute Gasteiger partial charge is 0.339 e. The monoisotopic (exact) mass is 463 g/mol. The first-order valence-electron chi connectivity index (χ1n) is 11.0. The fraction of sp³-hybridized carbons (Fsp3) is 0.292. The van der Waals surface area contributed by atoms with Gasteiger partial charge in [0.2, 0.25) is 5.95 Å². The summed E-state index contributed by atoms with van der Waals surface area (Å²) in [6.07, 6.45) is 1.80. The third-order valence-electron chi connectivity index (χ3n) is 5.62. The van der Waals surface area contributed by atoms with E-state index >= 15 is 0 Å². The van der Waals surface area contributed by atoms with Crippen LogP contribution in [0, 0.1) is 0 Å². The normalized spacial score (nSPS) is 15.7. The SMILES string of the molecule is CC(F)Sc1ccc(Nc2nc(N3CCN(C)CC3)nc3c2cnn3-c2ccccc2)cc1. The summed E-state index contributed by atoms with van der Waals surface area (Å²) in [5.74, 6) is 1.39. The number of thioether (sulfide) groups is 1. The maximum Gasteiger partial charge on any atom is 0.229 e. The van der Waals surface area contributed by atoms with Gasteiger partial charge in [-0.15, -0.1) is 0 Å². The summed E-state index contributed by atoms with van der Waals surface area (Å²) in [6, 6.07) is 17.7. The minimum absolute atomic E-state index is 0.689. The van der Waals surface area contributed by atoms with Gasteiger partial charge in [0.1, 0.15) is 11.3 Å². The number of hydrogen-bond acceptors (Lipinski definition) is 7. The molecule has 2 aromatic heterocycles. The Morgan fingerprint density at radius 1 is 0.970 bits per heavy atom. The maximum atomic E-state index is 13.3. The van der Waals surface area contributed by atoms with Gasteiger partial charge >= 0.3 is 0 Å². The Labute approximate surface area is 196 Å². The number of fused-ring (bicyclic) bond motifs is 1. The van der Waals surface area contributed by atoms with Crippen molar-refractivity contribution in [2.45, 2.75) is 17.3 Å². The van der Waals surface area contributed by atoms with Crippen LogP contribution < -0.4 is 10.2 Å². The molecule has 1 unspecified atom stereocenters. The maximum absolute atomic E-state index is 13.3. The lowest BCUT2D eigenvalue weighted by atomic mass is 10.3. The first-order valence-corrected chi connectivity index (χ1v) is 11.9. The van der Waals surface area contributed by atoms with Crippen molar-refractivity contribution in [1.29, 1.82) is 0 Å². The summed E-state index contributed by atoms with van der Waals surface area (Å²) in [5, 5.41) is 8.89. The lowest BCUT2D eigenvalue weighted by molar-refractivity contribution is 0.311. The van der Waals surface area contributed by atoms with E-state index in [0.29, 0.717) is 11.8 Å². The molecule has 0 radical (unpaired) electrons. The minimum Gasteiger partial charge on any atom is -0.339 e. The van der Waals surface area contributed by atoms with E-state index in [2.05, 4.69) is 27.3 Å². The van der Waals surface area contributed by atoms with Crippen LogP contribution in [0.3, 0.4) is 0 Å². The number of aromatic nitrogens is 4. The number of nitrogens with one attached hydrogen (secondary N) is 1. The molecule has 1 N–H and O–H groups in total. The second-order valence-corrected chi connectivity index (χ2v) is 9.46. The van der Waals surface area contributed by atoms with Crippen molar-refractivity contribution >= 4 is 40.2 Å². The number of benzene rings is 2. The van der Waals surface area contributed by atoms with Crippen molar-refractivity contribution in [2.75, 3.05) is 43.4 Å². The van der Waals surface area contributed by atoms with Crippen LogP contribution in [0.15, 0.2) is 65.7 Å². The number of alkyl halides is 1. The van der Waals surface area contributed by atoms with E-state index in [4.69, 9.17) is 9.97 Å². The van der Waals surface area contributed by atoms with Gasteiger partial charge in [-0.1, -0.05) is 30.0 Å². The van der Waals surface area contributed by atoms with Gasteiger partial charge in [-0.3, -0.25) is 0 Å². The molecule has 3 heterocycles. The van der Waals surface area contributed by atoms with Crippen molar-refractivity contribution in [3.63, 3.8) is 0 Å². The number of hydrogen-bond donors (Lipinski definition) is 1. The van der Waals surface area contributed by atoms with Crippen LogP contribution in [0.5, 0.6) is 0 Å². The average molecular weight is 464 g/mol. The lowest BCUT2D eigenvalue weighted by Gasteiger charge is -2.32. The van der Waals surface area contributed by atoms with Gasteiger partial charge < -0.3 is 15.1 Å². The first kappa shape index (κ1) is 21.7. The molecule has 0 saturated carbocycles. The van der Waals surface area contributed by atoms with Crippen molar-refractivity contribution in [3.05, 3.63) is 60.8 Å². The van der Waals surface area contributed by atoms with Gasteiger partial charge in [0.25, 0.3) is 0 Å². The smallest absolute Gasteiger partial charge is 0.229 e. The highest BCUT2D eigenvalue weighted by Gasteiger charge is 2.21. The van der Waals surface area contributed by atoms with Crippen LogP contribution in [0.2, 0.25) is 0 Å². The second-order valence-electron chi connectivity index (χ2n) is 8.10. The summed E-state index contributed by atoms with van der Waals surface area (Å²) in [5.41, 5.74) is 1.64. The molecule has 4 aromatic rings. The standard InChI is InChI=1S/C24H26FN7S/c1-17(25)33-20-10-8-18(9-11-20)27-22-21-16-26-32(19-6-4-3-5-7-19)23(21)29-24(28-22)31-14-12-30(2)13-15-31/h3-11,16-17H,12-15H2,1-2H3,(H,27,28,29). The number of para-hydroxylation sites is 1. The van der Waals surface area contributed by atoms with Gasteiger partial charge in [0.05, 0.1) is 17.3 Å². The zero-order valence-corrected chi connectivity index (χ0v) is 19.5. The fourth-order valence-corrected chi connectivity index (χ4v) is 4.51. The predicted molar refractivity (Wildman–Crippen MR) is 133 cm³/mol. The summed E-state index contributed by atoms with van der Waals surface area (Å²) >= 11 is 1.19. The predicted octanol–water partition coefficient (Wildman–Crippen LogP) is 4.72. The highest BCUT2D eigenvalue weighted by atomic mass is 32.2. The van der Waals surface area contributed by atoms with Crippen LogP contribution in [-0.4, -0.2) is 63.4 Å². The van der Waals surface area contributed by atoms with Crippen LogP contribution in [-0.2, 0) is 0 Å². The zero-order chi connectivity index (χ0) is 22.8. The van der Waals surface area contributed by atoms with Crippen molar-refractivity contribution < 1.29 is 4.39 Å². The van der Waals surface area contributed by atoms with Crippen LogP contribution >= 0.6 is 11.8 Å². The Bertz CT molecular complexity index is 1220. The number of piperazine rings is 1. The molecular weight excluding hydrogens is 437 g/mol. The summed E-state index contributed by atoms with van der Waals surface area (Å²) in [6.45, 7) is 5.21. The molecule has 1 atom stereocenters. The Morgan fingerprint density at radius 2 is 1.70 bits per heavy atom. The zero-order valence-electron chi connectivity index (χ0n) is 18.6. The topological polar surface area (TPSA) is 62.1 Å². The molecule has 9 heteroatoms. The molecule has 1 fully saturated rings. The molecule has 1 saturated heterocycles. The van der Waals surface area contributed by atoms with E-state index in [0.717, 1.165) is 53.5 Å². The molecule has 0 bridgehead atoms. The molecule has 0 spiro atoms. The number of rotatable bonds is 6. The van der Waals surface area contributed by atoms with E-state index in [9.17, 15) is 4.39 Å². The Morgan fingerprint density at radius 3 is 2.39 bits per heavy atom. The third-order valence-corrected chi connectivity index (χ3v) is 6.49. The summed E-state index contributed by atoms with van der Waals surface area (Å²) in [7, 11) is 2.13. The van der Waals surface area contributed by atoms with E-state index in [-0.39, 0.29) is 0 Å². The quantitative estimate of drug-likeness (QED) is 0.415. The van der Waals surface area contributed by atoms with Crippen molar-refractivity contribution in [2.24, 2.45) is 0 Å². The molecule has 5 rings (SSSR count). The number of nitrogens with zero attached hydrogens (tertiary/aromatic N) is 6. The number of halogens is 1. The lowest BCUT2D eigenvalue weighted by Crippen LogP contribution is -2.45. The Kier molecular flexibility index (Phi) is 6.15. The Balaban J connectivity index is 1.54. The van der Waals surface area contributed by atoms with Crippen molar-refractivity contribution in [1.82, 2.24) is 24.6 Å². The van der Waals surface area contributed by atoms with E-state index < -0.39 is 5.50 Å². The molecule has 0 aliphatic carbocycles. The second kappa shape index (κ2) is 9.36. The molecule has 7 nitrogen and oxygen atoms in total. The van der Waals surface area contributed by atoms with E-state index in [1.165, 1.54) is 11.8 Å². The van der Waals surface area contributed by atoms with Crippen molar-refractivity contribution in [3.8, 4) is 5.69 Å².